The standard InChI is InChI=1S/C21H24F3N3O4/c1-2-3-4-5-6-12-30-17-10-9-14(13-15(17)21(22,23)24)18-25-19(31-26-18)16-8-7-11-27(16)20(28)29/h4-5,9-10,13,16H,2-3,6-8,11-12H2,1H3,(H,28,29). The maximum absolute atomic E-state index is 13.6. The molecule has 1 aliphatic rings. The van der Waals surface area contributed by atoms with Crippen molar-refractivity contribution in [3.8, 4) is 17.1 Å². The molecule has 0 aliphatic carbocycles. The first-order valence-corrected chi connectivity index (χ1v) is 10.1. The van der Waals surface area contributed by atoms with Crippen molar-refractivity contribution >= 4 is 6.09 Å². The van der Waals surface area contributed by atoms with E-state index in [-0.39, 0.29) is 29.6 Å². The number of halogens is 3. The van der Waals surface area contributed by atoms with Crippen LogP contribution in [0.1, 0.15) is 56.5 Å². The van der Waals surface area contributed by atoms with Gasteiger partial charge in [-0.2, -0.15) is 18.2 Å². The van der Waals surface area contributed by atoms with E-state index in [0.717, 1.165) is 18.9 Å². The minimum atomic E-state index is -4.62. The fraction of sp³-hybridized carbons (Fsp3) is 0.476. The Balaban J connectivity index is 1.78. The summed E-state index contributed by atoms with van der Waals surface area (Å²) in [5.41, 5.74) is -0.820. The van der Waals surface area contributed by atoms with E-state index in [1.165, 1.54) is 17.0 Å². The smallest absolute Gasteiger partial charge is 0.419 e. The number of allylic oxidation sites excluding steroid dienone is 1. The molecule has 7 nitrogen and oxygen atoms in total. The first-order chi connectivity index (χ1) is 14.8. The number of hydrogen-bond acceptors (Lipinski definition) is 5. The third-order valence-electron chi connectivity index (χ3n) is 4.93. The lowest BCUT2D eigenvalue weighted by atomic mass is 10.1. The predicted molar refractivity (Wildman–Crippen MR) is 106 cm³/mol. The number of likely N-dealkylation sites (tertiary alicyclic amines) is 1. The van der Waals surface area contributed by atoms with Gasteiger partial charge in [-0.25, -0.2) is 4.79 Å². The van der Waals surface area contributed by atoms with Crippen molar-refractivity contribution in [1.29, 1.82) is 0 Å². The molecule has 2 aromatic rings. The van der Waals surface area contributed by atoms with E-state index >= 15 is 0 Å². The Morgan fingerprint density at radius 2 is 2.13 bits per heavy atom. The number of hydrogen-bond donors (Lipinski definition) is 1. The third kappa shape index (κ3) is 5.56. The number of aromatic nitrogens is 2. The Morgan fingerprint density at radius 1 is 1.35 bits per heavy atom. The molecule has 1 fully saturated rings. The monoisotopic (exact) mass is 439 g/mol. The van der Waals surface area contributed by atoms with E-state index < -0.39 is 23.9 Å². The minimum Gasteiger partial charge on any atom is -0.493 e. The molecule has 0 bridgehead atoms. The molecule has 2 heterocycles. The number of amides is 1. The van der Waals surface area contributed by atoms with Gasteiger partial charge in [-0.3, -0.25) is 4.90 Å². The van der Waals surface area contributed by atoms with E-state index in [1.807, 2.05) is 19.1 Å². The molecule has 168 valence electrons. The van der Waals surface area contributed by atoms with Crippen LogP contribution in [-0.2, 0) is 6.18 Å². The molecule has 1 aliphatic heterocycles. The molecule has 1 unspecified atom stereocenters. The molecule has 1 saturated heterocycles. The van der Waals surface area contributed by atoms with Crippen LogP contribution in [0.2, 0.25) is 0 Å². The van der Waals surface area contributed by atoms with Crippen molar-refractivity contribution in [1.82, 2.24) is 15.0 Å². The quantitative estimate of drug-likeness (QED) is 0.420. The molecule has 3 rings (SSSR count). The molecule has 1 aromatic heterocycles. The fourth-order valence-corrected chi connectivity index (χ4v) is 3.40. The van der Waals surface area contributed by atoms with Crippen LogP contribution >= 0.6 is 0 Å². The molecule has 10 heteroatoms. The zero-order valence-corrected chi connectivity index (χ0v) is 17.1. The molecule has 1 atom stereocenters. The number of ether oxygens (including phenoxy) is 1. The Kier molecular flexibility index (Phi) is 7.19. The van der Waals surface area contributed by atoms with Crippen molar-refractivity contribution in [2.75, 3.05) is 13.2 Å². The van der Waals surface area contributed by atoms with Crippen molar-refractivity contribution in [3.05, 3.63) is 41.8 Å². The van der Waals surface area contributed by atoms with Crippen molar-refractivity contribution in [2.24, 2.45) is 0 Å². The zero-order valence-electron chi connectivity index (χ0n) is 17.1. The summed E-state index contributed by atoms with van der Waals surface area (Å²) in [6.45, 7) is 2.51. The lowest BCUT2D eigenvalue weighted by Crippen LogP contribution is -2.28. The van der Waals surface area contributed by atoms with Gasteiger partial charge in [-0.05, 0) is 43.9 Å². The molecule has 0 spiro atoms. The highest BCUT2D eigenvalue weighted by atomic mass is 19.4. The summed E-state index contributed by atoms with van der Waals surface area (Å²) in [4.78, 5) is 16.6. The van der Waals surface area contributed by atoms with Crippen LogP contribution in [0.3, 0.4) is 0 Å². The molecule has 31 heavy (non-hydrogen) atoms. The number of nitrogens with zero attached hydrogens (tertiary/aromatic N) is 3. The average Bonchev–Trinajstić information content (AvgIpc) is 3.39. The fourth-order valence-electron chi connectivity index (χ4n) is 3.40. The largest absolute Gasteiger partial charge is 0.493 e. The highest BCUT2D eigenvalue weighted by Gasteiger charge is 2.36. The number of carboxylic acid groups (broad SMARTS) is 1. The summed E-state index contributed by atoms with van der Waals surface area (Å²) in [5, 5.41) is 13.0. The first-order valence-electron chi connectivity index (χ1n) is 10.1. The maximum atomic E-state index is 13.6. The van der Waals surface area contributed by atoms with Crippen LogP contribution < -0.4 is 4.74 Å². The summed E-state index contributed by atoms with van der Waals surface area (Å²) in [6.07, 6.45) is 1.72. The second kappa shape index (κ2) is 9.84. The molecule has 1 amide bonds. The highest BCUT2D eigenvalue weighted by molar-refractivity contribution is 5.66. The zero-order chi connectivity index (χ0) is 22.4. The lowest BCUT2D eigenvalue weighted by Gasteiger charge is -2.17. The number of rotatable bonds is 8. The van der Waals surface area contributed by atoms with Crippen LogP contribution in [0, 0.1) is 0 Å². The van der Waals surface area contributed by atoms with E-state index in [1.54, 1.807) is 0 Å². The normalized spacial score (nSPS) is 16.9. The molecular weight excluding hydrogens is 415 g/mol. The Bertz CT molecular complexity index is 927. The van der Waals surface area contributed by atoms with Gasteiger partial charge in [0.2, 0.25) is 11.7 Å². The molecule has 0 radical (unpaired) electrons. The number of unbranched alkanes of at least 4 members (excludes halogenated alkanes) is 1. The van der Waals surface area contributed by atoms with Crippen molar-refractivity contribution < 1.29 is 32.3 Å². The molecule has 0 saturated carbocycles. The predicted octanol–water partition coefficient (Wildman–Crippen LogP) is 5.70. The van der Waals surface area contributed by atoms with Gasteiger partial charge in [0.25, 0.3) is 0 Å². The Labute approximate surface area is 177 Å². The van der Waals surface area contributed by atoms with Gasteiger partial charge in [-0.15, -0.1) is 0 Å². The second-order valence-corrected chi connectivity index (χ2v) is 7.20. The maximum Gasteiger partial charge on any atom is 0.419 e. The Hall–Kier alpha value is -3.04. The van der Waals surface area contributed by atoms with E-state index in [2.05, 4.69) is 10.1 Å². The average molecular weight is 439 g/mol. The van der Waals surface area contributed by atoms with Gasteiger partial charge >= 0.3 is 12.3 Å². The van der Waals surface area contributed by atoms with Crippen molar-refractivity contribution in [2.45, 2.75) is 51.2 Å². The van der Waals surface area contributed by atoms with E-state index in [9.17, 15) is 23.1 Å². The van der Waals surface area contributed by atoms with Gasteiger partial charge in [0.1, 0.15) is 11.8 Å². The topological polar surface area (TPSA) is 88.7 Å². The first kappa shape index (κ1) is 22.6. The van der Waals surface area contributed by atoms with Gasteiger partial charge in [0, 0.05) is 12.1 Å². The van der Waals surface area contributed by atoms with Gasteiger partial charge in [0.05, 0.1) is 12.2 Å². The van der Waals surface area contributed by atoms with Crippen LogP contribution in [0.25, 0.3) is 11.4 Å². The van der Waals surface area contributed by atoms with Crippen LogP contribution in [0.4, 0.5) is 18.0 Å². The van der Waals surface area contributed by atoms with Gasteiger partial charge in [0.15, 0.2) is 0 Å². The van der Waals surface area contributed by atoms with Gasteiger partial charge < -0.3 is 14.4 Å². The van der Waals surface area contributed by atoms with E-state index in [0.29, 0.717) is 25.8 Å². The van der Waals surface area contributed by atoms with Crippen LogP contribution in [0.5, 0.6) is 5.75 Å². The van der Waals surface area contributed by atoms with Crippen LogP contribution in [-0.4, -0.2) is 39.4 Å². The second-order valence-electron chi connectivity index (χ2n) is 7.20. The summed E-state index contributed by atoms with van der Waals surface area (Å²) in [7, 11) is 0. The molecular formula is C21H24F3N3O4. The summed E-state index contributed by atoms with van der Waals surface area (Å²) < 4.78 is 51.3. The Morgan fingerprint density at radius 3 is 2.84 bits per heavy atom. The highest BCUT2D eigenvalue weighted by Crippen LogP contribution is 2.39. The SMILES string of the molecule is CCCC=CCCOc1ccc(-c2noc(C3CCCN3C(=O)O)n2)cc1C(F)(F)F. The van der Waals surface area contributed by atoms with Crippen molar-refractivity contribution in [3.63, 3.8) is 0 Å². The molecule has 1 N–H and O–H groups in total. The number of carbonyl (C=O) groups is 1. The number of alkyl halides is 3. The third-order valence-corrected chi connectivity index (χ3v) is 4.93. The molecule has 1 aromatic carbocycles. The minimum absolute atomic E-state index is 0.0354. The summed E-state index contributed by atoms with van der Waals surface area (Å²) in [5.74, 6) is -0.230. The number of benzene rings is 1. The van der Waals surface area contributed by atoms with Crippen LogP contribution in [0.15, 0.2) is 34.9 Å². The summed E-state index contributed by atoms with van der Waals surface area (Å²) in [6, 6.07) is 2.99. The summed E-state index contributed by atoms with van der Waals surface area (Å²) >= 11 is 0. The lowest BCUT2D eigenvalue weighted by molar-refractivity contribution is -0.138. The van der Waals surface area contributed by atoms with Gasteiger partial charge in [-0.1, -0.05) is 30.7 Å². The van der Waals surface area contributed by atoms with E-state index in [4.69, 9.17) is 9.26 Å².